The minimum absolute atomic E-state index is 0.0431. The highest BCUT2D eigenvalue weighted by Crippen LogP contribution is 2.42. The van der Waals surface area contributed by atoms with Gasteiger partial charge in [0, 0.05) is 5.56 Å². The smallest absolute Gasteiger partial charge is 0.296 e. The molecule has 3 aromatic carbocycles. The van der Waals surface area contributed by atoms with E-state index in [9.17, 15) is 14.7 Å². The van der Waals surface area contributed by atoms with Gasteiger partial charge in [-0.25, -0.2) is 0 Å². The van der Waals surface area contributed by atoms with Crippen molar-refractivity contribution in [3.63, 3.8) is 0 Å². The van der Waals surface area contributed by atoms with E-state index >= 15 is 0 Å². The molecule has 1 fully saturated rings. The lowest BCUT2D eigenvalue weighted by Gasteiger charge is -2.25. The van der Waals surface area contributed by atoms with Crippen LogP contribution in [-0.2, 0) is 16.1 Å². The van der Waals surface area contributed by atoms with E-state index in [1.165, 1.54) is 11.2 Å². The maximum atomic E-state index is 13.3. The zero-order chi connectivity index (χ0) is 23.7. The van der Waals surface area contributed by atoms with Crippen LogP contribution in [-0.4, -0.2) is 28.3 Å². The average molecular weight is 453 g/mol. The van der Waals surface area contributed by atoms with Gasteiger partial charge in [-0.1, -0.05) is 54.6 Å². The van der Waals surface area contributed by atoms with Gasteiger partial charge >= 0.3 is 0 Å². The van der Waals surface area contributed by atoms with Crippen molar-refractivity contribution in [2.45, 2.75) is 19.5 Å². The van der Waals surface area contributed by atoms with Gasteiger partial charge in [-0.15, -0.1) is 0 Å². The summed E-state index contributed by atoms with van der Waals surface area (Å²) < 4.78 is 11.0. The van der Waals surface area contributed by atoms with Crippen molar-refractivity contribution >= 4 is 28.2 Å². The number of aliphatic hydroxyl groups is 1. The van der Waals surface area contributed by atoms with Crippen LogP contribution in [0, 0.1) is 0 Å². The van der Waals surface area contributed by atoms with E-state index < -0.39 is 17.7 Å². The molecule has 1 aromatic heterocycles. The summed E-state index contributed by atoms with van der Waals surface area (Å²) in [5, 5.41) is 13.2. The highest BCUT2D eigenvalue weighted by molar-refractivity contribution is 6.46. The Morgan fingerprint density at radius 3 is 2.59 bits per heavy atom. The van der Waals surface area contributed by atoms with Gasteiger partial charge in [-0.2, -0.15) is 0 Å². The van der Waals surface area contributed by atoms with Gasteiger partial charge in [-0.05, 0) is 47.5 Å². The Bertz CT molecular complexity index is 1400. The van der Waals surface area contributed by atoms with Crippen LogP contribution in [0.2, 0.25) is 0 Å². The third-order valence-corrected chi connectivity index (χ3v) is 5.98. The molecule has 1 aliphatic rings. The number of hydrogen-bond acceptors (Lipinski definition) is 5. The van der Waals surface area contributed by atoms with Crippen molar-refractivity contribution in [1.29, 1.82) is 0 Å². The van der Waals surface area contributed by atoms with Crippen LogP contribution in [0.25, 0.3) is 16.5 Å². The lowest BCUT2D eigenvalue weighted by molar-refractivity contribution is -0.140. The first-order valence-electron chi connectivity index (χ1n) is 11.1. The number of fused-ring (bicyclic) bond motifs is 1. The van der Waals surface area contributed by atoms with Gasteiger partial charge in [0.15, 0.2) is 0 Å². The summed E-state index contributed by atoms with van der Waals surface area (Å²) in [7, 11) is 0. The third kappa shape index (κ3) is 3.73. The topological polar surface area (TPSA) is 80.0 Å². The molecule has 0 bridgehead atoms. The van der Waals surface area contributed by atoms with Gasteiger partial charge in [-0.3, -0.25) is 9.59 Å². The monoisotopic (exact) mass is 453 g/mol. The first-order chi connectivity index (χ1) is 16.6. The van der Waals surface area contributed by atoms with Crippen LogP contribution in [0.15, 0.2) is 95.1 Å². The lowest BCUT2D eigenvalue weighted by Crippen LogP contribution is -2.29. The number of aliphatic hydroxyl groups excluding tert-OH is 1. The quantitative estimate of drug-likeness (QED) is 0.238. The number of hydrogen-bond donors (Lipinski definition) is 1. The summed E-state index contributed by atoms with van der Waals surface area (Å²) in [4.78, 5) is 28.0. The maximum Gasteiger partial charge on any atom is 0.296 e. The maximum absolute atomic E-state index is 13.3. The molecule has 6 heteroatoms. The third-order valence-electron chi connectivity index (χ3n) is 5.98. The van der Waals surface area contributed by atoms with Gasteiger partial charge < -0.3 is 19.2 Å². The van der Waals surface area contributed by atoms with E-state index in [-0.39, 0.29) is 17.9 Å². The number of amides is 1. The number of carbonyl (C=O) groups excluding carboxylic acids is 2. The largest absolute Gasteiger partial charge is 0.507 e. The van der Waals surface area contributed by atoms with Gasteiger partial charge in [0.2, 0.25) is 0 Å². The highest BCUT2D eigenvalue weighted by Gasteiger charge is 2.46. The molecule has 4 aromatic rings. The van der Waals surface area contributed by atoms with Crippen LogP contribution < -0.4 is 4.74 Å². The Morgan fingerprint density at radius 1 is 1.00 bits per heavy atom. The number of ether oxygens (including phenoxy) is 1. The van der Waals surface area contributed by atoms with E-state index in [1.807, 2.05) is 49.4 Å². The predicted octanol–water partition coefficient (Wildman–Crippen LogP) is 5.45. The molecule has 34 heavy (non-hydrogen) atoms. The van der Waals surface area contributed by atoms with E-state index in [4.69, 9.17) is 9.15 Å². The molecule has 1 saturated heterocycles. The fraction of sp³-hybridized carbons (Fsp3) is 0.143. The molecule has 6 nitrogen and oxygen atoms in total. The summed E-state index contributed by atoms with van der Waals surface area (Å²) in [6.07, 6.45) is 1.53. The SMILES string of the molecule is CCOc1cccc(/C(O)=C2/C(=O)C(=O)N(Cc3ccco3)C2c2cccc3ccccc23)c1. The summed E-state index contributed by atoms with van der Waals surface area (Å²) in [5.41, 5.74) is 1.21. The minimum atomic E-state index is -0.785. The first-order valence-corrected chi connectivity index (χ1v) is 11.1. The molecule has 0 saturated carbocycles. The van der Waals surface area contributed by atoms with Crippen LogP contribution in [0.3, 0.4) is 0 Å². The molecule has 170 valence electrons. The lowest BCUT2D eigenvalue weighted by atomic mass is 9.91. The number of furan rings is 1. The van der Waals surface area contributed by atoms with Crippen LogP contribution >= 0.6 is 0 Å². The number of rotatable bonds is 6. The Kier molecular flexibility index (Phi) is 5.64. The van der Waals surface area contributed by atoms with Crippen molar-refractivity contribution in [1.82, 2.24) is 4.90 Å². The summed E-state index contributed by atoms with van der Waals surface area (Å²) >= 11 is 0. The molecule has 0 radical (unpaired) electrons. The normalized spacial score (nSPS) is 17.4. The molecule has 2 heterocycles. The number of likely N-dealkylation sites (tertiary alicyclic amines) is 1. The van der Waals surface area contributed by atoms with Crippen molar-refractivity contribution < 1.29 is 23.8 Å². The van der Waals surface area contributed by atoms with E-state index in [2.05, 4.69) is 0 Å². The number of nitrogens with zero attached hydrogens (tertiary/aromatic N) is 1. The molecule has 1 unspecified atom stereocenters. The van der Waals surface area contributed by atoms with Crippen LogP contribution in [0.1, 0.15) is 29.9 Å². The standard InChI is InChI=1S/C28H23NO5/c1-2-33-20-11-5-10-19(16-20)26(30)24-25(23-14-6-9-18-8-3-4-13-22(18)23)29(28(32)27(24)31)17-21-12-7-15-34-21/h3-16,25,30H,2,17H2,1H3/b26-24-. The second-order valence-electron chi connectivity index (χ2n) is 8.04. The Morgan fingerprint density at radius 2 is 1.79 bits per heavy atom. The molecule has 0 spiro atoms. The fourth-order valence-corrected chi connectivity index (χ4v) is 4.48. The number of Topliss-reactive ketones (excluding diaryl/α,β-unsaturated/α-hetero) is 1. The van der Waals surface area contributed by atoms with Crippen molar-refractivity contribution in [2.24, 2.45) is 0 Å². The molecule has 5 rings (SSSR count). The Labute approximate surface area is 196 Å². The highest BCUT2D eigenvalue weighted by atomic mass is 16.5. The molecule has 1 N–H and O–H groups in total. The Hall–Kier alpha value is -4.32. The van der Waals surface area contributed by atoms with Crippen LogP contribution in [0.4, 0.5) is 0 Å². The van der Waals surface area contributed by atoms with Crippen molar-refractivity contribution in [3.8, 4) is 5.75 Å². The van der Waals surface area contributed by atoms with Crippen molar-refractivity contribution in [3.05, 3.63) is 108 Å². The van der Waals surface area contributed by atoms with E-state index in [0.717, 1.165) is 16.3 Å². The zero-order valence-corrected chi connectivity index (χ0v) is 18.6. The zero-order valence-electron chi connectivity index (χ0n) is 18.6. The molecular formula is C28H23NO5. The molecular weight excluding hydrogens is 430 g/mol. The van der Waals surface area contributed by atoms with Gasteiger partial charge in [0.1, 0.15) is 17.3 Å². The summed E-state index contributed by atoms with van der Waals surface area (Å²) in [6, 6.07) is 23.1. The average Bonchev–Trinajstić information content (AvgIpc) is 3.46. The van der Waals surface area contributed by atoms with Gasteiger partial charge in [0.25, 0.3) is 11.7 Å². The first kappa shape index (κ1) is 21.5. The molecule has 1 amide bonds. The number of ketones is 1. The van der Waals surface area contributed by atoms with Crippen molar-refractivity contribution in [2.75, 3.05) is 6.61 Å². The van der Waals surface area contributed by atoms with Gasteiger partial charge in [0.05, 0.1) is 31.0 Å². The second-order valence-corrected chi connectivity index (χ2v) is 8.04. The number of benzene rings is 3. The fourth-order valence-electron chi connectivity index (χ4n) is 4.48. The van der Waals surface area contributed by atoms with Crippen LogP contribution in [0.5, 0.6) is 5.75 Å². The second kappa shape index (κ2) is 8.90. The molecule has 1 atom stereocenters. The Balaban J connectivity index is 1.72. The summed E-state index contributed by atoms with van der Waals surface area (Å²) in [6.45, 7) is 2.43. The number of carbonyl (C=O) groups is 2. The van der Waals surface area contributed by atoms with E-state index in [0.29, 0.717) is 23.7 Å². The molecule has 1 aliphatic heterocycles. The summed E-state index contributed by atoms with van der Waals surface area (Å²) in [5.74, 6) is -0.538. The van der Waals surface area contributed by atoms with E-state index in [1.54, 1.807) is 36.4 Å². The molecule has 0 aliphatic carbocycles. The minimum Gasteiger partial charge on any atom is -0.507 e. The predicted molar refractivity (Wildman–Crippen MR) is 128 cm³/mol.